The minimum Gasteiger partial charge on any atom is -0.394 e. The molecular formula is C18H33N3O5. The van der Waals surface area contributed by atoms with Crippen molar-refractivity contribution in [3.8, 4) is 0 Å². The number of aliphatic hydroxyl groups excluding tert-OH is 1. The van der Waals surface area contributed by atoms with E-state index >= 15 is 0 Å². The number of nitrogens with one attached hydrogen (secondary N) is 3. The summed E-state index contributed by atoms with van der Waals surface area (Å²) in [7, 11) is 0. The topological polar surface area (TPSA) is 109 Å². The lowest BCUT2D eigenvalue weighted by molar-refractivity contribution is -0.128. The molecule has 0 unspecified atom stereocenters. The van der Waals surface area contributed by atoms with Crippen LogP contribution in [0.3, 0.4) is 0 Å². The summed E-state index contributed by atoms with van der Waals surface area (Å²) in [5.41, 5.74) is 0. The highest BCUT2D eigenvalue weighted by molar-refractivity contribution is 5.78. The van der Waals surface area contributed by atoms with Gasteiger partial charge in [0.25, 0.3) is 0 Å². The van der Waals surface area contributed by atoms with E-state index in [0.29, 0.717) is 26.2 Å². The van der Waals surface area contributed by atoms with Crippen LogP contribution in [0.15, 0.2) is 0 Å². The van der Waals surface area contributed by atoms with Gasteiger partial charge in [0.1, 0.15) is 6.10 Å². The fraction of sp³-hybridized carbons (Fsp3) is 0.889. The number of urea groups is 1. The predicted octanol–water partition coefficient (Wildman–Crippen LogP) is 0.535. The van der Waals surface area contributed by atoms with Crippen molar-refractivity contribution in [3.05, 3.63) is 0 Å². The number of carbonyl (C=O) groups is 2. The first-order chi connectivity index (χ1) is 12.5. The number of amides is 3. The van der Waals surface area contributed by atoms with Gasteiger partial charge >= 0.3 is 6.03 Å². The Morgan fingerprint density at radius 1 is 1.15 bits per heavy atom. The molecule has 0 bridgehead atoms. The van der Waals surface area contributed by atoms with Gasteiger partial charge in [-0.1, -0.05) is 0 Å². The molecule has 150 valence electrons. The standard InChI is InChI=1S/C18H33N3O5/c1-12(2)20-18(24)21-15-4-3-14(26-16(15)11-22)5-8-19-17(23)13-6-9-25-10-7-13/h12-16,22H,3-11H2,1-2H3,(H,19,23)(H2,20,21,24)/t14-,15+,16+/m1/s1. The predicted molar refractivity (Wildman–Crippen MR) is 96.7 cm³/mol. The summed E-state index contributed by atoms with van der Waals surface area (Å²) in [5, 5.41) is 18.2. The van der Waals surface area contributed by atoms with Crippen LogP contribution < -0.4 is 16.0 Å². The Morgan fingerprint density at radius 3 is 2.54 bits per heavy atom. The quantitative estimate of drug-likeness (QED) is 0.522. The Labute approximate surface area is 155 Å². The minimum absolute atomic E-state index is 0.0200. The van der Waals surface area contributed by atoms with E-state index in [-0.39, 0.29) is 42.7 Å². The van der Waals surface area contributed by atoms with Crippen molar-refractivity contribution in [3.63, 3.8) is 0 Å². The van der Waals surface area contributed by atoms with E-state index in [9.17, 15) is 14.7 Å². The van der Waals surface area contributed by atoms with Crippen LogP contribution in [0.25, 0.3) is 0 Å². The highest BCUT2D eigenvalue weighted by Gasteiger charge is 2.32. The van der Waals surface area contributed by atoms with Crippen LogP contribution in [0, 0.1) is 5.92 Å². The van der Waals surface area contributed by atoms with Crippen molar-refractivity contribution >= 4 is 11.9 Å². The maximum atomic E-state index is 12.1. The highest BCUT2D eigenvalue weighted by atomic mass is 16.5. The zero-order valence-corrected chi connectivity index (χ0v) is 15.8. The third kappa shape index (κ3) is 6.74. The van der Waals surface area contributed by atoms with Crippen LogP contribution in [0.5, 0.6) is 0 Å². The molecule has 2 aliphatic rings. The second kappa shape index (κ2) is 10.7. The molecule has 4 N–H and O–H groups in total. The average molecular weight is 371 g/mol. The summed E-state index contributed by atoms with van der Waals surface area (Å²) in [5.74, 6) is 0.141. The molecule has 0 aliphatic carbocycles. The zero-order valence-electron chi connectivity index (χ0n) is 15.8. The zero-order chi connectivity index (χ0) is 18.9. The van der Waals surface area contributed by atoms with Gasteiger partial charge in [0.15, 0.2) is 0 Å². The van der Waals surface area contributed by atoms with Gasteiger partial charge in [-0.25, -0.2) is 4.79 Å². The third-order valence-corrected chi connectivity index (χ3v) is 4.89. The van der Waals surface area contributed by atoms with E-state index in [2.05, 4.69) is 16.0 Å². The largest absolute Gasteiger partial charge is 0.394 e. The van der Waals surface area contributed by atoms with Crippen molar-refractivity contribution in [1.29, 1.82) is 0 Å². The Kier molecular flexibility index (Phi) is 8.61. The lowest BCUT2D eigenvalue weighted by Gasteiger charge is -2.36. The van der Waals surface area contributed by atoms with Crippen LogP contribution >= 0.6 is 0 Å². The Bertz CT molecular complexity index is 454. The second-order valence-corrected chi connectivity index (χ2v) is 7.40. The lowest BCUT2D eigenvalue weighted by Crippen LogP contribution is -2.54. The molecule has 0 aromatic heterocycles. The second-order valence-electron chi connectivity index (χ2n) is 7.40. The summed E-state index contributed by atoms with van der Waals surface area (Å²) >= 11 is 0. The number of hydrogen-bond acceptors (Lipinski definition) is 5. The minimum atomic E-state index is -0.419. The van der Waals surface area contributed by atoms with Gasteiger partial charge in [0.05, 0.1) is 18.8 Å². The van der Waals surface area contributed by atoms with Crippen LogP contribution in [0.1, 0.15) is 46.0 Å². The highest BCUT2D eigenvalue weighted by Crippen LogP contribution is 2.22. The Morgan fingerprint density at radius 2 is 1.88 bits per heavy atom. The van der Waals surface area contributed by atoms with E-state index in [0.717, 1.165) is 25.7 Å². The van der Waals surface area contributed by atoms with Gasteiger partial charge in [-0.05, 0) is 46.0 Å². The summed E-state index contributed by atoms with van der Waals surface area (Å²) in [6, 6.07) is -0.389. The average Bonchev–Trinajstić information content (AvgIpc) is 2.62. The van der Waals surface area contributed by atoms with Gasteiger partial charge in [-0.3, -0.25) is 4.79 Å². The van der Waals surface area contributed by atoms with Gasteiger partial charge in [-0.2, -0.15) is 0 Å². The van der Waals surface area contributed by atoms with E-state index in [4.69, 9.17) is 9.47 Å². The molecule has 0 radical (unpaired) electrons. The number of carbonyl (C=O) groups excluding carboxylic acids is 2. The van der Waals surface area contributed by atoms with Crippen molar-refractivity contribution in [2.45, 2.75) is 70.2 Å². The molecule has 2 saturated heterocycles. The monoisotopic (exact) mass is 371 g/mol. The van der Waals surface area contributed by atoms with Crippen LogP contribution in [0.2, 0.25) is 0 Å². The Balaban J connectivity index is 1.69. The van der Waals surface area contributed by atoms with Crippen molar-refractivity contribution in [2.75, 3.05) is 26.4 Å². The van der Waals surface area contributed by atoms with Crippen LogP contribution in [-0.4, -0.2) is 67.7 Å². The molecule has 3 atom stereocenters. The molecule has 26 heavy (non-hydrogen) atoms. The molecule has 0 spiro atoms. The summed E-state index contributed by atoms with van der Waals surface area (Å²) in [6.45, 7) is 5.51. The molecule has 2 rings (SSSR count). The number of ether oxygens (including phenoxy) is 2. The molecule has 2 heterocycles. The molecule has 8 heteroatoms. The number of hydrogen-bond donors (Lipinski definition) is 4. The summed E-state index contributed by atoms with van der Waals surface area (Å²) < 4.78 is 11.2. The number of rotatable bonds is 7. The summed E-state index contributed by atoms with van der Waals surface area (Å²) in [6.07, 6.45) is 3.36. The van der Waals surface area contributed by atoms with Crippen LogP contribution in [0.4, 0.5) is 4.79 Å². The van der Waals surface area contributed by atoms with Gasteiger partial charge < -0.3 is 30.5 Å². The van der Waals surface area contributed by atoms with E-state index in [1.54, 1.807) is 0 Å². The van der Waals surface area contributed by atoms with Gasteiger partial charge in [-0.15, -0.1) is 0 Å². The summed E-state index contributed by atoms with van der Waals surface area (Å²) in [4.78, 5) is 24.0. The molecule has 2 fully saturated rings. The third-order valence-electron chi connectivity index (χ3n) is 4.89. The van der Waals surface area contributed by atoms with Gasteiger partial charge in [0, 0.05) is 31.7 Å². The number of aliphatic hydroxyl groups is 1. The molecule has 3 amide bonds. The molecule has 0 saturated carbocycles. The fourth-order valence-corrected chi connectivity index (χ4v) is 3.44. The lowest BCUT2D eigenvalue weighted by atomic mass is 9.96. The molecular weight excluding hydrogens is 338 g/mol. The van der Waals surface area contributed by atoms with E-state index in [1.807, 2.05) is 13.8 Å². The fourth-order valence-electron chi connectivity index (χ4n) is 3.44. The van der Waals surface area contributed by atoms with E-state index in [1.165, 1.54) is 0 Å². The molecule has 0 aromatic carbocycles. The SMILES string of the molecule is CC(C)NC(=O)N[C@H]1CC[C@H](CCNC(=O)C2CCOCC2)O[C@H]1CO. The van der Waals surface area contributed by atoms with E-state index < -0.39 is 6.10 Å². The van der Waals surface area contributed by atoms with Crippen molar-refractivity contribution in [2.24, 2.45) is 5.92 Å². The maximum Gasteiger partial charge on any atom is 0.315 e. The van der Waals surface area contributed by atoms with Gasteiger partial charge in [0.2, 0.25) is 5.91 Å². The van der Waals surface area contributed by atoms with Crippen molar-refractivity contribution < 1.29 is 24.2 Å². The van der Waals surface area contributed by atoms with Crippen LogP contribution in [-0.2, 0) is 14.3 Å². The molecule has 8 nitrogen and oxygen atoms in total. The first kappa shape index (κ1) is 20.9. The first-order valence-electron chi connectivity index (χ1n) is 9.68. The molecule has 2 aliphatic heterocycles. The maximum absolute atomic E-state index is 12.1. The van der Waals surface area contributed by atoms with Crippen molar-refractivity contribution in [1.82, 2.24) is 16.0 Å². The Hall–Kier alpha value is -1.38. The molecule has 0 aromatic rings. The normalized spacial score (nSPS) is 27.2. The first-order valence-corrected chi connectivity index (χ1v) is 9.68. The smallest absolute Gasteiger partial charge is 0.315 e.